The summed E-state index contributed by atoms with van der Waals surface area (Å²) < 4.78 is 1.60. The molecular formula is C15H12N4O. The van der Waals surface area contributed by atoms with E-state index >= 15 is 0 Å². The van der Waals surface area contributed by atoms with E-state index in [0.29, 0.717) is 17.1 Å². The van der Waals surface area contributed by atoms with E-state index in [-0.39, 0.29) is 5.78 Å². The first kappa shape index (κ1) is 12.1. The Morgan fingerprint density at radius 2 is 1.85 bits per heavy atom. The molecule has 5 nitrogen and oxygen atoms in total. The average Bonchev–Trinajstić information content (AvgIpc) is 2.97. The summed E-state index contributed by atoms with van der Waals surface area (Å²) in [4.78, 5) is 16.5. The zero-order valence-corrected chi connectivity index (χ0v) is 10.6. The lowest BCUT2D eigenvalue weighted by Gasteiger charge is -2.06. The molecule has 0 spiro atoms. The second-order valence-electron chi connectivity index (χ2n) is 4.27. The number of pyridine rings is 1. The summed E-state index contributed by atoms with van der Waals surface area (Å²) in [7, 11) is 0. The van der Waals surface area contributed by atoms with Crippen molar-refractivity contribution in [1.82, 2.24) is 14.8 Å². The SMILES string of the molecule is Nc1ccc(C(=O)c2ccnn2-c2ccccc2)nc1. The topological polar surface area (TPSA) is 73.8 Å². The number of benzene rings is 1. The highest BCUT2D eigenvalue weighted by Gasteiger charge is 2.16. The Morgan fingerprint density at radius 3 is 2.55 bits per heavy atom. The van der Waals surface area contributed by atoms with E-state index in [1.54, 1.807) is 29.1 Å². The van der Waals surface area contributed by atoms with Crippen molar-refractivity contribution < 1.29 is 4.79 Å². The quantitative estimate of drug-likeness (QED) is 0.735. The number of nitrogen functional groups attached to an aromatic ring is 1. The van der Waals surface area contributed by atoms with Gasteiger partial charge in [0.15, 0.2) is 0 Å². The summed E-state index contributed by atoms with van der Waals surface area (Å²) in [6.07, 6.45) is 3.06. The van der Waals surface area contributed by atoms with Crippen molar-refractivity contribution in [3.8, 4) is 5.69 Å². The number of carbonyl (C=O) groups excluding carboxylic acids is 1. The Hall–Kier alpha value is -2.95. The zero-order valence-electron chi connectivity index (χ0n) is 10.6. The first-order chi connectivity index (χ1) is 9.75. The molecule has 0 bridgehead atoms. The van der Waals surface area contributed by atoms with E-state index in [2.05, 4.69) is 10.1 Å². The largest absolute Gasteiger partial charge is 0.397 e. The number of nitrogens with zero attached hydrogens (tertiary/aromatic N) is 3. The van der Waals surface area contributed by atoms with Crippen molar-refractivity contribution in [3.63, 3.8) is 0 Å². The van der Waals surface area contributed by atoms with Crippen molar-refractivity contribution in [3.05, 3.63) is 72.3 Å². The minimum absolute atomic E-state index is 0.189. The molecule has 2 N–H and O–H groups in total. The van der Waals surface area contributed by atoms with E-state index in [1.807, 2.05) is 30.3 Å². The predicted molar refractivity (Wildman–Crippen MR) is 75.6 cm³/mol. The third-order valence-electron chi connectivity index (χ3n) is 2.90. The lowest BCUT2D eigenvalue weighted by atomic mass is 10.2. The monoisotopic (exact) mass is 264 g/mol. The molecule has 0 atom stereocenters. The molecule has 20 heavy (non-hydrogen) atoms. The van der Waals surface area contributed by atoms with Gasteiger partial charge in [-0.2, -0.15) is 5.10 Å². The van der Waals surface area contributed by atoms with Crippen molar-refractivity contribution in [2.24, 2.45) is 0 Å². The standard InChI is InChI=1S/C15H12N4O/c16-11-6-7-13(17-10-11)15(20)14-8-9-18-19(14)12-4-2-1-3-5-12/h1-10H,16H2. The highest BCUT2D eigenvalue weighted by molar-refractivity contribution is 6.06. The molecule has 0 unspecified atom stereocenters. The third kappa shape index (κ3) is 2.16. The number of aromatic nitrogens is 3. The van der Waals surface area contributed by atoms with Crippen LogP contribution >= 0.6 is 0 Å². The highest BCUT2D eigenvalue weighted by atomic mass is 16.1. The molecule has 0 aliphatic rings. The molecular weight excluding hydrogens is 252 g/mol. The normalized spacial score (nSPS) is 10.4. The van der Waals surface area contributed by atoms with Crippen LogP contribution in [0.1, 0.15) is 16.2 Å². The van der Waals surface area contributed by atoms with Crippen LogP contribution < -0.4 is 5.73 Å². The van der Waals surface area contributed by atoms with Gasteiger partial charge < -0.3 is 5.73 Å². The summed E-state index contributed by atoms with van der Waals surface area (Å²) in [5.41, 5.74) is 7.74. The lowest BCUT2D eigenvalue weighted by molar-refractivity contribution is 0.102. The third-order valence-corrected chi connectivity index (χ3v) is 2.90. The second-order valence-corrected chi connectivity index (χ2v) is 4.27. The van der Waals surface area contributed by atoms with Crippen LogP contribution in [0.2, 0.25) is 0 Å². The number of ketones is 1. The fraction of sp³-hybridized carbons (Fsp3) is 0. The molecule has 1 aromatic carbocycles. The van der Waals surface area contributed by atoms with Gasteiger partial charge in [0.1, 0.15) is 11.4 Å². The first-order valence-electron chi connectivity index (χ1n) is 6.11. The van der Waals surface area contributed by atoms with Gasteiger partial charge in [0.2, 0.25) is 5.78 Å². The number of nitrogens with two attached hydrogens (primary N) is 1. The number of hydrogen-bond donors (Lipinski definition) is 1. The lowest BCUT2D eigenvalue weighted by Crippen LogP contribution is -2.11. The average molecular weight is 264 g/mol. The van der Waals surface area contributed by atoms with E-state index in [1.165, 1.54) is 6.20 Å². The Labute approximate surface area is 115 Å². The fourth-order valence-electron chi connectivity index (χ4n) is 1.92. The molecule has 0 saturated heterocycles. The van der Waals surface area contributed by atoms with Gasteiger partial charge in [-0.05, 0) is 30.3 Å². The van der Waals surface area contributed by atoms with Crippen LogP contribution in [0.25, 0.3) is 5.69 Å². The molecule has 0 saturated carbocycles. The number of rotatable bonds is 3. The molecule has 3 aromatic rings. The van der Waals surface area contributed by atoms with E-state index in [4.69, 9.17) is 5.73 Å². The molecule has 0 aliphatic carbocycles. The molecule has 3 rings (SSSR count). The summed E-state index contributed by atoms with van der Waals surface area (Å²) in [6, 6.07) is 14.4. The Kier molecular flexibility index (Phi) is 3.01. The van der Waals surface area contributed by atoms with Gasteiger partial charge in [-0.3, -0.25) is 9.78 Å². The molecule has 0 fully saturated rings. The molecule has 2 aromatic heterocycles. The van der Waals surface area contributed by atoms with E-state index in [9.17, 15) is 4.79 Å². The minimum atomic E-state index is -0.189. The molecule has 0 aliphatic heterocycles. The van der Waals surface area contributed by atoms with Gasteiger partial charge in [-0.15, -0.1) is 0 Å². The van der Waals surface area contributed by atoms with Crippen LogP contribution in [-0.2, 0) is 0 Å². The summed E-state index contributed by atoms with van der Waals surface area (Å²) in [5.74, 6) is -0.189. The molecule has 0 amide bonds. The maximum atomic E-state index is 12.4. The van der Waals surface area contributed by atoms with Gasteiger partial charge in [-0.25, -0.2) is 4.68 Å². The zero-order chi connectivity index (χ0) is 13.9. The summed E-state index contributed by atoms with van der Waals surface area (Å²) in [5, 5.41) is 4.19. The highest BCUT2D eigenvalue weighted by Crippen LogP contribution is 2.14. The summed E-state index contributed by atoms with van der Waals surface area (Å²) in [6.45, 7) is 0. The van der Waals surface area contributed by atoms with Gasteiger partial charge >= 0.3 is 0 Å². The molecule has 98 valence electrons. The molecule has 2 heterocycles. The van der Waals surface area contributed by atoms with E-state index in [0.717, 1.165) is 5.69 Å². The second kappa shape index (κ2) is 4.97. The number of anilines is 1. The van der Waals surface area contributed by atoms with Crippen molar-refractivity contribution >= 4 is 11.5 Å². The van der Waals surface area contributed by atoms with Crippen molar-refractivity contribution in [2.45, 2.75) is 0 Å². The van der Waals surface area contributed by atoms with Crippen molar-refractivity contribution in [1.29, 1.82) is 0 Å². The minimum Gasteiger partial charge on any atom is -0.397 e. The van der Waals surface area contributed by atoms with Crippen LogP contribution in [0.3, 0.4) is 0 Å². The molecule has 5 heteroatoms. The van der Waals surface area contributed by atoms with Crippen molar-refractivity contribution in [2.75, 3.05) is 5.73 Å². The van der Waals surface area contributed by atoms with Crippen LogP contribution in [0.15, 0.2) is 60.9 Å². The smallest absolute Gasteiger partial charge is 0.229 e. The molecule has 0 radical (unpaired) electrons. The summed E-state index contributed by atoms with van der Waals surface area (Å²) >= 11 is 0. The number of carbonyl (C=O) groups is 1. The Bertz CT molecular complexity index is 732. The van der Waals surface area contributed by atoms with Crippen LogP contribution in [0, 0.1) is 0 Å². The number of hydrogen-bond acceptors (Lipinski definition) is 4. The van der Waals surface area contributed by atoms with Crippen LogP contribution in [-0.4, -0.2) is 20.5 Å². The van der Waals surface area contributed by atoms with Gasteiger partial charge in [0, 0.05) is 0 Å². The maximum absolute atomic E-state index is 12.4. The first-order valence-corrected chi connectivity index (χ1v) is 6.11. The predicted octanol–water partition coefficient (Wildman–Crippen LogP) is 2.08. The van der Waals surface area contributed by atoms with Gasteiger partial charge in [0.05, 0.1) is 23.8 Å². The number of para-hydroxylation sites is 1. The van der Waals surface area contributed by atoms with Crippen LogP contribution in [0.5, 0.6) is 0 Å². The maximum Gasteiger partial charge on any atom is 0.229 e. The fourth-order valence-corrected chi connectivity index (χ4v) is 1.92. The van der Waals surface area contributed by atoms with E-state index < -0.39 is 0 Å². The Balaban J connectivity index is 2.02. The van der Waals surface area contributed by atoms with Gasteiger partial charge in [0.25, 0.3) is 0 Å². The van der Waals surface area contributed by atoms with Gasteiger partial charge in [-0.1, -0.05) is 18.2 Å². The Morgan fingerprint density at radius 1 is 1.05 bits per heavy atom. The van der Waals surface area contributed by atoms with Crippen LogP contribution in [0.4, 0.5) is 5.69 Å².